The predicted octanol–water partition coefficient (Wildman–Crippen LogP) is 1.84. The Kier molecular flexibility index (Phi) is 4.72. The number of ether oxygens (including phenoxy) is 1. The average Bonchev–Trinajstić information content (AvgIpc) is 2.51. The average molecular weight is 263 g/mol. The molecule has 0 aliphatic carbocycles. The first kappa shape index (κ1) is 13.6. The van der Waals surface area contributed by atoms with Crippen molar-refractivity contribution in [2.75, 3.05) is 6.54 Å². The topological polar surface area (TPSA) is 71.9 Å². The number of hydrogen-bond acceptors (Lipinski definition) is 4. The molecule has 98 valence electrons. The monoisotopic (exact) mass is 263 g/mol. The van der Waals surface area contributed by atoms with E-state index in [2.05, 4.69) is 16.8 Å². The third kappa shape index (κ3) is 3.58. The third-order valence-electron chi connectivity index (χ3n) is 2.56. The predicted molar refractivity (Wildman–Crippen MR) is 75.7 cm³/mol. The number of benzene rings is 1. The normalized spacial score (nSPS) is 9.20. The van der Waals surface area contributed by atoms with Crippen LogP contribution >= 0.6 is 0 Å². The van der Waals surface area contributed by atoms with Gasteiger partial charge in [0.1, 0.15) is 24.1 Å². The molecule has 0 aliphatic rings. The number of aromatic nitrogens is 1. The van der Waals surface area contributed by atoms with Crippen LogP contribution in [-0.4, -0.2) is 11.5 Å². The summed E-state index contributed by atoms with van der Waals surface area (Å²) in [6, 6.07) is 13.1. The van der Waals surface area contributed by atoms with Crippen molar-refractivity contribution in [3.63, 3.8) is 0 Å². The van der Waals surface area contributed by atoms with Gasteiger partial charge in [-0.3, -0.25) is 0 Å². The van der Waals surface area contributed by atoms with Crippen LogP contribution in [-0.2, 0) is 6.61 Å². The highest BCUT2D eigenvalue weighted by atomic mass is 16.5. The van der Waals surface area contributed by atoms with Crippen LogP contribution in [0.5, 0.6) is 5.75 Å². The van der Waals surface area contributed by atoms with Crippen LogP contribution in [0, 0.1) is 23.2 Å². The molecule has 0 saturated heterocycles. The summed E-state index contributed by atoms with van der Waals surface area (Å²) in [5, 5.41) is 8.96. The highest BCUT2D eigenvalue weighted by molar-refractivity contribution is 5.40. The van der Waals surface area contributed by atoms with E-state index in [4.69, 9.17) is 15.7 Å². The Hall–Kier alpha value is -2.82. The molecular weight excluding hydrogens is 250 g/mol. The van der Waals surface area contributed by atoms with Crippen LogP contribution in [0.2, 0.25) is 0 Å². The molecule has 1 heterocycles. The van der Waals surface area contributed by atoms with E-state index in [0.29, 0.717) is 24.6 Å². The van der Waals surface area contributed by atoms with Crippen molar-refractivity contribution in [3.8, 4) is 23.7 Å². The molecule has 2 rings (SSSR count). The van der Waals surface area contributed by atoms with E-state index in [1.54, 1.807) is 12.3 Å². The molecule has 2 N–H and O–H groups in total. The molecule has 0 spiro atoms. The van der Waals surface area contributed by atoms with Gasteiger partial charge in [0.25, 0.3) is 0 Å². The molecule has 4 nitrogen and oxygen atoms in total. The SMILES string of the molecule is N#Cc1ncccc1COc1cccc(C#CCN)c1. The Balaban J connectivity index is 2.09. The molecule has 0 saturated carbocycles. The summed E-state index contributed by atoms with van der Waals surface area (Å²) in [5.41, 5.74) is 7.32. The molecule has 1 aromatic carbocycles. The summed E-state index contributed by atoms with van der Waals surface area (Å²) in [5.74, 6) is 6.43. The maximum Gasteiger partial charge on any atom is 0.147 e. The van der Waals surface area contributed by atoms with Gasteiger partial charge in [0, 0.05) is 17.3 Å². The molecule has 0 aliphatic heterocycles. The molecule has 0 bridgehead atoms. The van der Waals surface area contributed by atoms with E-state index in [9.17, 15) is 0 Å². The standard InChI is InChI=1S/C16H13N3O/c17-8-2-5-13-4-1-7-15(10-13)20-12-14-6-3-9-19-16(14)11-18/h1,3-4,6-7,9-10H,8,12,17H2. The number of nitrogens with two attached hydrogens (primary N) is 1. The fraction of sp³-hybridized carbons (Fsp3) is 0.125. The highest BCUT2D eigenvalue weighted by Gasteiger charge is 2.03. The van der Waals surface area contributed by atoms with Gasteiger partial charge in [-0.05, 0) is 24.3 Å². The molecular formula is C16H13N3O. The zero-order chi connectivity index (χ0) is 14.2. The summed E-state index contributed by atoms with van der Waals surface area (Å²) >= 11 is 0. The van der Waals surface area contributed by atoms with Gasteiger partial charge in [-0.1, -0.05) is 24.0 Å². The van der Waals surface area contributed by atoms with Crippen molar-refractivity contribution < 1.29 is 4.74 Å². The van der Waals surface area contributed by atoms with E-state index in [-0.39, 0.29) is 0 Å². The second-order valence-corrected chi connectivity index (χ2v) is 3.95. The van der Waals surface area contributed by atoms with Gasteiger partial charge < -0.3 is 10.5 Å². The first-order chi connectivity index (χ1) is 9.83. The quantitative estimate of drug-likeness (QED) is 0.858. The van der Waals surface area contributed by atoms with E-state index < -0.39 is 0 Å². The second kappa shape index (κ2) is 6.94. The van der Waals surface area contributed by atoms with Gasteiger partial charge in [0.2, 0.25) is 0 Å². The zero-order valence-corrected chi connectivity index (χ0v) is 10.8. The van der Waals surface area contributed by atoms with Gasteiger partial charge in [-0.2, -0.15) is 5.26 Å². The summed E-state index contributed by atoms with van der Waals surface area (Å²) < 4.78 is 5.67. The summed E-state index contributed by atoms with van der Waals surface area (Å²) in [7, 11) is 0. The van der Waals surface area contributed by atoms with Gasteiger partial charge in [0.05, 0.1) is 6.54 Å². The first-order valence-electron chi connectivity index (χ1n) is 6.09. The van der Waals surface area contributed by atoms with Crippen molar-refractivity contribution in [2.45, 2.75) is 6.61 Å². The lowest BCUT2D eigenvalue weighted by Crippen LogP contribution is -2.00. The van der Waals surface area contributed by atoms with Crippen molar-refractivity contribution >= 4 is 0 Å². The minimum absolute atomic E-state index is 0.296. The van der Waals surface area contributed by atoms with Gasteiger partial charge in [-0.15, -0.1) is 0 Å². The minimum Gasteiger partial charge on any atom is -0.489 e. The Bertz CT molecular complexity index is 693. The zero-order valence-electron chi connectivity index (χ0n) is 10.8. The molecule has 1 aromatic heterocycles. The summed E-state index contributed by atoms with van der Waals surface area (Å²) in [4.78, 5) is 3.99. The van der Waals surface area contributed by atoms with E-state index in [0.717, 1.165) is 11.1 Å². The molecule has 0 fully saturated rings. The fourth-order valence-corrected chi connectivity index (χ4v) is 1.63. The van der Waals surface area contributed by atoms with Gasteiger partial charge >= 0.3 is 0 Å². The number of nitrogens with zero attached hydrogens (tertiary/aromatic N) is 2. The smallest absolute Gasteiger partial charge is 0.147 e. The van der Waals surface area contributed by atoms with E-state index >= 15 is 0 Å². The number of pyridine rings is 1. The van der Waals surface area contributed by atoms with Crippen molar-refractivity contribution in [2.24, 2.45) is 5.73 Å². The first-order valence-corrected chi connectivity index (χ1v) is 6.09. The lowest BCUT2D eigenvalue weighted by molar-refractivity contribution is 0.305. The lowest BCUT2D eigenvalue weighted by atomic mass is 10.2. The van der Waals surface area contributed by atoms with Crippen molar-refractivity contribution in [3.05, 3.63) is 59.4 Å². The number of rotatable bonds is 3. The summed E-state index contributed by atoms with van der Waals surface area (Å²) in [6.45, 7) is 0.622. The molecule has 2 aromatic rings. The minimum atomic E-state index is 0.296. The molecule has 20 heavy (non-hydrogen) atoms. The molecule has 4 heteroatoms. The largest absolute Gasteiger partial charge is 0.489 e. The fourth-order valence-electron chi connectivity index (χ4n) is 1.63. The van der Waals surface area contributed by atoms with Crippen molar-refractivity contribution in [1.29, 1.82) is 5.26 Å². The summed E-state index contributed by atoms with van der Waals surface area (Å²) in [6.07, 6.45) is 1.59. The van der Waals surface area contributed by atoms with Crippen molar-refractivity contribution in [1.82, 2.24) is 4.98 Å². The Morgan fingerprint density at radius 2 is 2.15 bits per heavy atom. The Morgan fingerprint density at radius 1 is 1.25 bits per heavy atom. The Morgan fingerprint density at radius 3 is 2.95 bits per heavy atom. The van der Waals surface area contributed by atoms with Crippen LogP contribution in [0.15, 0.2) is 42.6 Å². The lowest BCUT2D eigenvalue weighted by Gasteiger charge is -2.07. The Labute approximate surface area is 117 Å². The van der Waals surface area contributed by atoms with Gasteiger partial charge in [-0.25, -0.2) is 4.98 Å². The maximum atomic E-state index is 8.96. The third-order valence-corrected chi connectivity index (χ3v) is 2.56. The molecule has 0 radical (unpaired) electrons. The molecule has 0 atom stereocenters. The van der Waals surface area contributed by atoms with Crippen LogP contribution < -0.4 is 10.5 Å². The highest BCUT2D eigenvalue weighted by Crippen LogP contribution is 2.15. The van der Waals surface area contributed by atoms with Crippen LogP contribution in [0.4, 0.5) is 0 Å². The van der Waals surface area contributed by atoms with Gasteiger partial charge in [0.15, 0.2) is 0 Å². The number of hydrogen-bond donors (Lipinski definition) is 1. The molecule has 0 amide bonds. The molecule has 0 unspecified atom stereocenters. The second-order valence-electron chi connectivity index (χ2n) is 3.95. The van der Waals surface area contributed by atoms with Crippen LogP contribution in [0.3, 0.4) is 0 Å². The van der Waals surface area contributed by atoms with E-state index in [1.807, 2.05) is 36.4 Å². The maximum absolute atomic E-state index is 8.96. The number of nitriles is 1. The van der Waals surface area contributed by atoms with E-state index in [1.165, 1.54) is 0 Å². The van der Waals surface area contributed by atoms with Crippen LogP contribution in [0.1, 0.15) is 16.8 Å². The van der Waals surface area contributed by atoms with Crippen LogP contribution in [0.25, 0.3) is 0 Å².